The first-order chi connectivity index (χ1) is 25.9. The Bertz CT molecular complexity index is 2210. The fourth-order valence-electron chi connectivity index (χ4n) is 6.59. The summed E-state index contributed by atoms with van der Waals surface area (Å²) in [4.78, 5) is 17.9. The fraction of sp³-hybridized carbons (Fsp3) is 0.458. The van der Waals surface area contributed by atoms with Gasteiger partial charge >= 0.3 is 6.18 Å². The number of aryl methyl sites for hydroxylation is 1. The molecule has 0 unspecified atom stereocenters. The van der Waals surface area contributed by atoms with Gasteiger partial charge in [-0.3, -0.25) is 9.78 Å². The van der Waals surface area contributed by atoms with Gasteiger partial charge in [-0.25, -0.2) is 0 Å². The van der Waals surface area contributed by atoms with E-state index < -0.39 is 11.6 Å². The zero-order valence-electron chi connectivity index (χ0n) is 36.1. The van der Waals surface area contributed by atoms with E-state index in [4.69, 9.17) is 1.37 Å². The molecule has 305 valence electrons. The zero-order chi connectivity index (χ0) is 42.0. The summed E-state index contributed by atoms with van der Waals surface area (Å²) in [6.45, 7) is 23.2. The predicted molar refractivity (Wildman–Crippen MR) is 227 cm³/mol. The number of rotatable bonds is 11. The first-order valence-electron chi connectivity index (χ1n) is 19.9. The molecule has 2 aromatic heterocycles. The first-order valence-corrected chi connectivity index (χ1v) is 20.2. The molecule has 0 atom stereocenters. The third-order valence-corrected chi connectivity index (χ3v) is 13.2. The van der Waals surface area contributed by atoms with E-state index in [0.29, 0.717) is 5.56 Å². The Labute approximate surface area is 352 Å². The molecule has 0 fully saturated rings. The van der Waals surface area contributed by atoms with Crippen LogP contribution in [-0.2, 0) is 36.7 Å². The van der Waals surface area contributed by atoms with E-state index >= 15 is 0 Å². The largest absolute Gasteiger partial charge is 0.512 e. The molecule has 0 bridgehead atoms. The number of hydrogen-bond donors (Lipinski definition) is 1. The normalized spacial score (nSPS) is 13.3. The van der Waals surface area contributed by atoms with Crippen LogP contribution in [0, 0.1) is 29.2 Å². The quantitative estimate of drug-likeness (QED) is 0.0815. The summed E-state index contributed by atoms with van der Waals surface area (Å²) in [6, 6.07) is 23.1. The average molecular weight is 964 g/mol. The molecule has 3 nitrogen and oxygen atoms in total. The number of halogens is 3. The van der Waals surface area contributed by atoms with Crippen LogP contribution in [0.1, 0.15) is 120 Å². The minimum atomic E-state index is -4.27. The first kappa shape index (κ1) is 45.4. The van der Waals surface area contributed by atoms with Gasteiger partial charge in [-0.2, -0.15) is 13.2 Å². The number of hydrogen-bond acceptors (Lipinski definition) is 4. The summed E-state index contributed by atoms with van der Waals surface area (Å²) in [5, 5.41) is 13.3. The summed E-state index contributed by atoms with van der Waals surface area (Å²) in [7, 11) is 0. The number of benzene rings is 3. The second kappa shape index (κ2) is 18.1. The van der Waals surface area contributed by atoms with Gasteiger partial charge in [0, 0.05) is 58.5 Å². The number of aliphatic hydroxyl groups is 1. The van der Waals surface area contributed by atoms with Gasteiger partial charge in [0.1, 0.15) is 5.76 Å². The molecule has 2 heterocycles. The second-order valence-corrected chi connectivity index (χ2v) is 18.1. The van der Waals surface area contributed by atoms with Crippen LogP contribution in [0.3, 0.4) is 0 Å². The number of carbonyl (C=O) groups excluding carboxylic acids is 1. The molecule has 0 saturated carbocycles. The van der Waals surface area contributed by atoms with Crippen LogP contribution in [0.4, 0.5) is 13.2 Å². The standard InChI is InChI=1S/C33H31F3NS.C15H28O2.Ir/c1-20-25-15-16-37-28(24-17-23-9-7-8-10-26(23)27(18-24)31(2,3)4)30(25)38-29(20)22-13-11-21(12-14-22)19-32(5,6)33(34,35)36;1-7-14(5,8-2)12(16)11-13(17)15(6,9-3)10-4;/h7-16,18H,19H2,1-6H3;11,16H,7-10H2,1-6H3;/q-1;;/b;12-11-;/i16D;;. The Kier molecular flexibility index (Phi) is 14.7. The van der Waals surface area contributed by atoms with E-state index in [0.717, 1.165) is 73.8 Å². The Balaban J connectivity index is 0.000000411. The van der Waals surface area contributed by atoms with Crippen LogP contribution < -0.4 is 0 Å². The number of allylic oxidation sites excluding steroid dienone is 2. The third kappa shape index (κ3) is 10.0. The SMILES string of the molecule is CCC(C)(CC)C(=O)/C=C(\O)C(C)(CC)CC.[2H]c1cc2c(C)c(-c3ccc(CC(C)(C)C(F)(F)F)cc3)sc2c(-c2[c-]c3ccccc3c(C(C)(C)C)c2)n1.[Ir]. The maximum Gasteiger partial charge on any atom is 0.394 e. The molecule has 5 rings (SSSR count). The van der Waals surface area contributed by atoms with Crippen molar-refractivity contribution in [3.63, 3.8) is 0 Å². The van der Waals surface area contributed by atoms with Crippen molar-refractivity contribution in [2.45, 2.75) is 127 Å². The number of aromatic nitrogens is 1. The molecule has 1 radical (unpaired) electrons. The van der Waals surface area contributed by atoms with E-state index in [2.05, 4.69) is 50.0 Å². The Morgan fingerprint density at radius 3 is 1.96 bits per heavy atom. The van der Waals surface area contributed by atoms with Crippen LogP contribution in [0.5, 0.6) is 0 Å². The maximum absolute atomic E-state index is 13.4. The molecule has 0 saturated heterocycles. The van der Waals surface area contributed by atoms with Crippen molar-refractivity contribution in [3.05, 3.63) is 101 Å². The van der Waals surface area contributed by atoms with E-state index in [-0.39, 0.29) is 60.5 Å². The minimum absolute atomic E-state index is 0. The summed E-state index contributed by atoms with van der Waals surface area (Å²) < 4.78 is 49.6. The number of alkyl halides is 3. The van der Waals surface area contributed by atoms with Gasteiger partial charge in [0.2, 0.25) is 0 Å². The van der Waals surface area contributed by atoms with Crippen LogP contribution in [-0.4, -0.2) is 22.1 Å². The topological polar surface area (TPSA) is 50.2 Å². The molecule has 0 aliphatic carbocycles. The summed E-state index contributed by atoms with van der Waals surface area (Å²) >= 11 is 1.60. The number of thiophene rings is 1. The van der Waals surface area contributed by atoms with Gasteiger partial charge in [0.25, 0.3) is 0 Å². The minimum Gasteiger partial charge on any atom is -0.512 e. The number of aliphatic hydroxyl groups excluding tert-OH is 1. The molecule has 0 aliphatic heterocycles. The van der Waals surface area contributed by atoms with Gasteiger partial charge in [-0.05, 0) is 72.6 Å². The Morgan fingerprint density at radius 2 is 1.43 bits per heavy atom. The number of ketones is 1. The molecule has 1 N–H and O–H groups in total. The Hall–Kier alpha value is -3.32. The van der Waals surface area contributed by atoms with Crippen LogP contribution in [0.15, 0.2) is 78.7 Å². The number of pyridine rings is 1. The van der Waals surface area contributed by atoms with Crippen molar-refractivity contribution in [1.29, 1.82) is 0 Å². The summed E-state index contributed by atoms with van der Waals surface area (Å²) in [6.07, 6.45) is 0.600. The molecule has 56 heavy (non-hydrogen) atoms. The number of nitrogens with zero attached hydrogens (tertiary/aromatic N) is 1. The molecular weight excluding hydrogens is 904 g/mol. The molecule has 3 aromatic carbocycles. The van der Waals surface area contributed by atoms with Crippen LogP contribution >= 0.6 is 11.3 Å². The monoisotopic (exact) mass is 964 g/mol. The van der Waals surface area contributed by atoms with E-state index in [1.165, 1.54) is 25.5 Å². The molecule has 0 amide bonds. The van der Waals surface area contributed by atoms with E-state index in [9.17, 15) is 23.1 Å². The van der Waals surface area contributed by atoms with Crippen molar-refractivity contribution in [3.8, 4) is 21.7 Å². The molecule has 0 spiro atoms. The van der Waals surface area contributed by atoms with Crippen LogP contribution in [0.25, 0.3) is 42.6 Å². The van der Waals surface area contributed by atoms with Gasteiger partial charge in [-0.1, -0.05) is 130 Å². The third-order valence-electron chi connectivity index (χ3n) is 11.9. The molecule has 0 aliphatic rings. The van der Waals surface area contributed by atoms with Crippen molar-refractivity contribution in [1.82, 2.24) is 4.98 Å². The number of carbonyl (C=O) groups is 1. The Morgan fingerprint density at radius 1 is 0.857 bits per heavy atom. The maximum atomic E-state index is 13.4. The van der Waals surface area contributed by atoms with E-state index in [1.54, 1.807) is 29.5 Å². The van der Waals surface area contributed by atoms with Crippen LogP contribution in [0.2, 0.25) is 0 Å². The van der Waals surface area contributed by atoms with Gasteiger partial charge in [-0.15, -0.1) is 40.5 Å². The summed E-state index contributed by atoms with van der Waals surface area (Å²) in [5.74, 6) is 0.286. The van der Waals surface area contributed by atoms with Crippen molar-refractivity contribution < 1.29 is 44.5 Å². The molecule has 5 aromatic rings. The zero-order valence-corrected chi connectivity index (χ0v) is 38.3. The molecule has 8 heteroatoms. The van der Waals surface area contributed by atoms with Gasteiger partial charge in [0.05, 0.1) is 6.79 Å². The smallest absolute Gasteiger partial charge is 0.394 e. The fourth-order valence-corrected chi connectivity index (χ4v) is 7.89. The van der Waals surface area contributed by atoms with Gasteiger partial charge < -0.3 is 5.11 Å². The summed E-state index contributed by atoms with van der Waals surface area (Å²) in [5.41, 5.74) is 2.92. The van der Waals surface area contributed by atoms with Crippen molar-refractivity contribution in [2.75, 3.05) is 0 Å². The average Bonchev–Trinajstić information content (AvgIpc) is 3.48. The predicted octanol–water partition coefficient (Wildman–Crippen LogP) is 15.0. The van der Waals surface area contributed by atoms with Gasteiger partial charge in [0.15, 0.2) is 5.78 Å². The van der Waals surface area contributed by atoms with Crippen molar-refractivity contribution in [2.24, 2.45) is 16.2 Å². The molecular formula is C48H59F3IrNO2S-. The number of fused-ring (bicyclic) bond motifs is 2. The second-order valence-electron chi connectivity index (χ2n) is 17.1. The van der Waals surface area contributed by atoms with Crippen molar-refractivity contribution >= 4 is 38.0 Å². The van der Waals surface area contributed by atoms with E-state index in [1.807, 2.05) is 72.7 Å².